The highest BCUT2D eigenvalue weighted by Gasteiger charge is 2.47. The van der Waals surface area contributed by atoms with E-state index in [2.05, 4.69) is 5.32 Å². The molecular weight excluding hydrogens is 442 g/mol. The summed E-state index contributed by atoms with van der Waals surface area (Å²) in [6.07, 6.45) is 5.38. The first-order chi connectivity index (χ1) is 15.7. The van der Waals surface area contributed by atoms with Gasteiger partial charge in [-0.3, -0.25) is 24.1 Å². The van der Waals surface area contributed by atoms with E-state index in [-0.39, 0.29) is 61.0 Å². The van der Waals surface area contributed by atoms with Crippen molar-refractivity contribution in [3.8, 4) is 0 Å². The van der Waals surface area contributed by atoms with Crippen molar-refractivity contribution >= 4 is 35.2 Å². The number of allylic oxidation sites excluding steroid dienone is 2. The largest absolute Gasteiger partial charge is 0.352 e. The van der Waals surface area contributed by atoms with Crippen molar-refractivity contribution in [2.75, 3.05) is 6.54 Å². The Morgan fingerprint density at radius 2 is 1.73 bits per heavy atom. The Balaban J connectivity index is 1.77. The lowest BCUT2D eigenvalue weighted by Crippen LogP contribution is -2.51. The Morgan fingerprint density at radius 1 is 1.12 bits per heavy atom. The van der Waals surface area contributed by atoms with Crippen LogP contribution in [0.25, 0.3) is 0 Å². The van der Waals surface area contributed by atoms with Gasteiger partial charge in [0.05, 0.1) is 11.8 Å². The van der Waals surface area contributed by atoms with Crippen LogP contribution in [-0.2, 0) is 25.7 Å². The number of hydrogen-bond donors (Lipinski definition) is 1. The third-order valence-electron chi connectivity index (χ3n) is 6.26. The molecule has 3 rings (SSSR count). The third kappa shape index (κ3) is 5.64. The van der Waals surface area contributed by atoms with E-state index >= 15 is 0 Å². The first-order valence-electron chi connectivity index (χ1n) is 11.6. The highest BCUT2D eigenvalue weighted by molar-refractivity contribution is 6.31. The zero-order chi connectivity index (χ0) is 24.1. The average Bonchev–Trinajstić information content (AvgIpc) is 3.02. The van der Waals surface area contributed by atoms with Crippen LogP contribution >= 0.6 is 11.6 Å². The van der Waals surface area contributed by atoms with Gasteiger partial charge in [-0.1, -0.05) is 48.9 Å². The number of rotatable bonds is 9. The van der Waals surface area contributed by atoms with Crippen molar-refractivity contribution in [2.45, 2.75) is 65.1 Å². The Morgan fingerprint density at radius 3 is 2.27 bits per heavy atom. The fourth-order valence-electron chi connectivity index (χ4n) is 4.55. The summed E-state index contributed by atoms with van der Waals surface area (Å²) in [4.78, 5) is 54.5. The van der Waals surface area contributed by atoms with Gasteiger partial charge in [0, 0.05) is 30.6 Å². The summed E-state index contributed by atoms with van der Waals surface area (Å²) >= 11 is 6.33. The lowest BCUT2D eigenvalue weighted by Gasteiger charge is -2.32. The second-order valence-electron chi connectivity index (χ2n) is 8.93. The number of hydrogen-bond acceptors (Lipinski definition) is 4. The smallest absolute Gasteiger partial charge is 0.243 e. The molecule has 0 radical (unpaired) electrons. The summed E-state index contributed by atoms with van der Waals surface area (Å²) < 4.78 is 0. The summed E-state index contributed by atoms with van der Waals surface area (Å²) in [6, 6.07) is 6.44. The maximum atomic E-state index is 13.4. The van der Waals surface area contributed by atoms with Gasteiger partial charge in [0.2, 0.25) is 23.6 Å². The Bertz CT molecular complexity index is 919. The molecule has 0 bridgehead atoms. The first kappa shape index (κ1) is 25.0. The molecule has 1 heterocycles. The van der Waals surface area contributed by atoms with E-state index in [1.54, 1.807) is 12.1 Å². The zero-order valence-corrected chi connectivity index (χ0v) is 20.2. The van der Waals surface area contributed by atoms with Crippen molar-refractivity contribution in [3.05, 3.63) is 47.0 Å². The molecule has 1 aromatic carbocycles. The molecular formula is C25H32ClN3O4. The second-order valence-corrected chi connectivity index (χ2v) is 9.34. The van der Waals surface area contributed by atoms with Gasteiger partial charge in [-0.2, -0.15) is 0 Å². The van der Waals surface area contributed by atoms with Crippen LogP contribution in [0.4, 0.5) is 0 Å². The zero-order valence-electron chi connectivity index (χ0n) is 19.4. The maximum Gasteiger partial charge on any atom is 0.243 e. The monoisotopic (exact) mass is 473 g/mol. The predicted octanol–water partition coefficient (Wildman–Crippen LogP) is 3.31. The molecule has 1 fully saturated rings. The van der Waals surface area contributed by atoms with Gasteiger partial charge in [-0.25, -0.2) is 0 Å². The summed E-state index contributed by atoms with van der Waals surface area (Å²) in [5.74, 6) is -1.59. The van der Waals surface area contributed by atoms with Gasteiger partial charge in [-0.05, 0) is 44.7 Å². The molecule has 0 saturated carbocycles. The highest BCUT2D eigenvalue weighted by atomic mass is 35.5. The molecule has 3 atom stereocenters. The molecule has 0 spiro atoms. The number of halogens is 1. The number of carbonyl (C=O) groups excluding carboxylic acids is 4. The van der Waals surface area contributed by atoms with E-state index in [1.165, 1.54) is 9.80 Å². The molecule has 8 heteroatoms. The van der Waals surface area contributed by atoms with Gasteiger partial charge in [0.15, 0.2) is 0 Å². The van der Waals surface area contributed by atoms with Crippen molar-refractivity contribution in [1.82, 2.24) is 15.1 Å². The molecule has 178 valence electrons. The molecule has 1 aliphatic carbocycles. The number of amides is 4. The third-order valence-corrected chi connectivity index (χ3v) is 6.63. The first-order valence-corrected chi connectivity index (χ1v) is 12.0. The van der Waals surface area contributed by atoms with Gasteiger partial charge >= 0.3 is 0 Å². The number of benzene rings is 1. The number of likely N-dealkylation sites (tertiary alicyclic amines) is 1. The van der Waals surface area contributed by atoms with Crippen LogP contribution in [0.1, 0.15) is 52.0 Å². The molecule has 1 aromatic rings. The molecule has 0 aromatic heterocycles. The van der Waals surface area contributed by atoms with E-state index in [0.29, 0.717) is 24.3 Å². The van der Waals surface area contributed by atoms with Crippen LogP contribution in [0.2, 0.25) is 5.02 Å². The number of imide groups is 1. The molecule has 1 N–H and O–H groups in total. The van der Waals surface area contributed by atoms with Crippen LogP contribution in [-0.4, -0.2) is 52.1 Å². The Labute approximate surface area is 200 Å². The van der Waals surface area contributed by atoms with Crippen molar-refractivity contribution in [2.24, 2.45) is 11.8 Å². The minimum atomic E-state index is -0.687. The van der Waals surface area contributed by atoms with Gasteiger partial charge in [0.25, 0.3) is 0 Å². The van der Waals surface area contributed by atoms with E-state index < -0.39 is 6.04 Å². The van der Waals surface area contributed by atoms with E-state index in [9.17, 15) is 19.2 Å². The second kappa shape index (κ2) is 11.0. The van der Waals surface area contributed by atoms with Gasteiger partial charge in [0.1, 0.15) is 6.04 Å². The van der Waals surface area contributed by atoms with Crippen LogP contribution in [0.3, 0.4) is 0 Å². The average molecular weight is 474 g/mol. The van der Waals surface area contributed by atoms with Crippen molar-refractivity contribution in [3.63, 3.8) is 0 Å². The molecule has 1 aliphatic heterocycles. The molecule has 1 saturated heterocycles. The molecule has 33 heavy (non-hydrogen) atoms. The van der Waals surface area contributed by atoms with Crippen molar-refractivity contribution < 1.29 is 19.2 Å². The fourth-order valence-corrected chi connectivity index (χ4v) is 4.75. The standard InChI is InChI=1S/C25H32ClN3O4/c1-4-21(23(31)27-16(2)3)29(15-17-9-5-8-12-20(17)26)22(30)13-14-28-24(32)18-10-6-7-11-19(18)25(28)33/h5-9,12,16,18-19,21H,4,10-11,13-15H2,1-3H3,(H,27,31)/t18-,19+,21-/m0/s1. The van der Waals surface area contributed by atoms with E-state index in [4.69, 9.17) is 11.6 Å². The summed E-state index contributed by atoms with van der Waals surface area (Å²) in [5, 5.41) is 3.39. The van der Waals surface area contributed by atoms with E-state index in [1.807, 2.05) is 45.1 Å². The van der Waals surface area contributed by atoms with Crippen molar-refractivity contribution in [1.29, 1.82) is 0 Å². The number of carbonyl (C=O) groups is 4. The topological polar surface area (TPSA) is 86.8 Å². The quantitative estimate of drug-likeness (QED) is 0.440. The highest BCUT2D eigenvalue weighted by Crippen LogP contribution is 2.35. The van der Waals surface area contributed by atoms with Crippen LogP contribution in [0.15, 0.2) is 36.4 Å². The molecule has 4 amide bonds. The minimum Gasteiger partial charge on any atom is -0.352 e. The Kier molecular flexibility index (Phi) is 8.30. The number of nitrogens with zero attached hydrogens (tertiary/aromatic N) is 2. The lowest BCUT2D eigenvalue weighted by molar-refractivity contribution is -0.144. The Hall–Kier alpha value is -2.67. The maximum absolute atomic E-state index is 13.4. The normalized spacial score (nSPS) is 20.7. The summed E-state index contributed by atoms with van der Waals surface area (Å²) in [6.45, 7) is 5.76. The number of nitrogens with one attached hydrogen (secondary N) is 1. The van der Waals surface area contributed by atoms with Crippen LogP contribution in [0, 0.1) is 11.8 Å². The van der Waals surface area contributed by atoms with Gasteiger partial charge < -0.3 is 10.2 Å². The lowest BCUT2D eigenvalue weighted by atomic mass is 9.85. The fraction of sp³-hybridized carbons (Fsp3) is 0.520. The summed E-state index contributed by atoms with van der Waals surface area (Å²) in [5.41, 5.74) is 0.730. The summed E-state index contributed by atoms with van der Waals surface area (Å²) in [7, 11) is 0. The van der Waals surface area contributed by atoms with Crippen LogP contribution in [0.5, 0.6) is 0 Å². The molecule has 0 unspecified atom stereocenters. The minimum absolute atomic E-state index is 0.0186. The predicted molar refractivity (Wildman–Crippen MR) is 126 cm³/mol. The number of fused-ring (bicyclic) bond motifs is 1. The van der Waals surface area contributed by atoms with E-state index in [0.717, 1.165) is 5.56 Å². The SMILES string of the molecule is CC[C@@H](C(=O)NC(C)C)N(Cc1ccccc1Cl)C(=O)CCN1C(=O)[C@H]2CC=CC[C@H]2C1=O. The van der Waals surface area contributed by atoms with Gasteiger partial charge in [-0.15, -0.1) is 0 Å². The molecule has 7 nitrogen and oxygen atoms in total. The molecule has 2 aliphatic rings. The van der Waals surface area contributed by atoms with Crippen LogP contribution < -0.4 is 5.32 Å².